The van der Waals surface area contributed by atoms with Crippen LogP contribution in [0.2, 0.25) is 0 Å². The minimum atomic E-state index is -0.540. The van der Waals surface area contributed by atoms with Gasteiger partial charge in [0, 0.05) is 36.3 Å². The van der Waals surface area contributed by atoms with Crippen LogP contribution in [0.1, 0.15) is 122 Å². The van der Waals surface area contributed by atoms with Crippen molar-refractivity contribution in [3.8, 4) is 0 Å². The Hall–Kier alpha value is -0.670. The number of nitrogens with zero attached hydrogens (tertiary/aromatic N) is 1. The maximum absolute atomic E-state index is 10.6. The van der Waals surface area contributed by atoms with E-state index in [0.717, 1.165) is 25.4 Å². The van der Waals surface area contributed by atoms with E-state index >= 15 is 0 Å². The van der Waals surface area contributed by atoms with Crippen LogP contribution >= 0.6 is 11.9 Å². The third kappa shape index (κ3) is 7.50. The number of hydrogen-bond acceptors (Lipinski definition) is 7. The van der Waals surface area contributed by atoms with Crippen molar-refractivity contribution in [2.45, 2.75) is 154 Å². The summed E-state index contributed by atoms with van der Waals surface area (Å²) in [5.74, 6) is 1.21. The van der Waals surface area contributed by atoms with Gasteiger partial charge in [-0.2, -0.15) is 0 Å². The van der Waals surface area contributed by atoms with Crippen molar-refractivity contribution in [1.82, 2.24) is 20.3 Å². The molecule has 2 heterocycles. The molecule has 3 saturated carbocycles. The summed E-state index contributed by atoms with van der Waals surface area (Å²) in [4.78, 5) is 2.94. The Labute approximate surface area is 266 Å². The first-order valence-electron chi connectivity index (χ1n) is 17.4. The fourth-order valence-electron chi connectivity index (χ4n) is 9.32. The lowest BCUT2D eigenvalue weighted by atomic mass is 9.47. The van der Waals surface area contributed by atoms with Crippen molar-refractivity contribution >= 4 is 11.9 Å². The highest BCUT2D eigenvalue weighted by molar-refractivity contribution is 7.98. The molecule has 4 bridgehead atoms. The van der Waals surface area contributed by atoms with Crippen molar-refractivity contribution in [3.63, 3.8) is 0 Å². The van der Waals surface area contributed by atoms with E-state index in [1.165, 1.54) is 74.6 Å². The van der Waals surface area contributed by atoms with Crippen molar-refractivity contribution in [2.24, 2.45) is 22.7 Å². The monoisotopic (exact) mass is 612 g/mol. The normalized spacial score (nSPS) is 39.6. The number of ether oxygens (including phenoxy) is 1. The van der Waals surface area contributed by atoms with Crippen LogP contribution in [0.25, 0.3) is 0 Å². The summed E-state index contributed by atoms with van der Waals surface area (Å²) in [6.45, 7) is 17.7. The zero-order valence-electron chi connectivity index (χ0n) is 28.0. The van der Waals surface area contributed by atoms with E-state index in [0.29, 0.717) is 28.7 Å². The standard InChI is InChI=1S/C36H60N4O2S/c1-23-10-8-11-24(2)32(23)30-15-31-38-33(37-30)39-43-29-13-9-12-25(14-29)21-40(28(22-42-31)18-34(3,4)5)27-19-36(20-27)16-26(17-36)35(6,7)41/h8,10-11,25-31,33,37-39,41H,9,12-22H2,1-7H3/t25?,26?,27?,28-,29?,30?,31?,33?,36?/m1/s1. The van der Waals surface area contributed by atoms with Gasteiger partial charge in [0.1, 0.15) is 12.5 Å². The van der Waals surface area contributed by atoms with Crippen LogP contribution in [0.4, 0.5) is 0 Å². The second kappa shape index (κ2) is 12.5. The topological polar surface area (TPSA) is 68.8 Å². The molecule has 6 atom stereocenters. The molecule has 0 radical (unpaired) electrons. The molecule has 5 aliphatic rings. The lowest BCUT2D eigenvalue weighted by molar-refractivity contribution is -0.159. The highest BCUT2D eigenvalue weighted by Gasteiger charge is 2.57. The van der Waals surface area contributed by atoms with Gasteiger partial charge in [0.25, 0.3) is 0 Å². The fraction of sp³-hybridized carbons (Fsp3) is 0.833. The van der Waals surface area contributed by atoms with Gasteiger partial charge >= 0.3 is 0 Å². The first-order valence-corrected chi connectivity index (χ1v) is 18.2. The number of benzene rings is 1. The molecular weight excluding hydrogens is 552 g/mol. The third-order valence-corrected chi connectivity index (χ3v) is 12.7. The predicted octanol–water partition coefficient (Wildman–Crippen LogP) is 6.80. The Morgan fingerprint density at radius 3 is 2.40 bits per heavy atom. The summed E-state index contributed by atoms with van der Waals surface area (Å²) in [6.07, 6.45) is 12.4. The van der Waals surface area contributed by atoms with Gasteiger partial charge in [-0.05, 0) is 118 Å². The molecule has 2 saturated heterocycles. The molecule has 5 fully saturated rings. The van der Waals surface area contributed by atoms with Crippen LogP contribution in [0.5, 0.6) is 0 Å². The zero-order valence-corrected chi connectivity index (χ0v) is 28.9. The minimum Gasteiger partial charge on any atom is -0.390 e. The predicted molar refractivity (Wildman–Crippen MR) is 179 cm³/mol. The first-order chi connectivity index (χ1) is 20.3. The summed E-state index contributed by atoms with van der Waals surface area (Å²) >= 11 is 1.95. The van der Waals surface area contributed by atoms with Crippen molar-refractivity contribution < 1.29 is 9.84 Å². The van der Waals surface area contributed by atoms with Crippen LogP contribution in [0.15, 0.2) is 18.2 Å². The second-order valence-electron chi connectivity index (χ2n) is 17.0. The van der Waals surface area contributed by atoms with Crippen LogP contribution in [-0.2, 0) is 4.74 Å². The lowest BCUT2D eigenvalue weighted by Crippen LogP contribution is -2.63. The highest BCUT2D eigenvalue weighted by Crippen LogP contribution is 2.62. The number of fused-ring (bicyclic) bond motifs is 4. The van der Waals surface area contributed by atoms with Crippen LogP contribution in [-0.4, -0.2) is 58.6 Å². The molecule has 7 heteroatoms. The highest BCUT2D eigenvalue weighted by atomic mass is 32.2. The third-order valence-electron chi connectivity index (χ3n) is 11.6. The fourth-order valence-corrected chi connectivity index (χ4v) is 10.4. The molecule has 1 aromatic carbocycles. The van der Waals surface area contributed by atoms with Crippen LogP contribution < -0.4 is 15.4 Å². The first kappa shape index (κ1) is 32.3. The van der Waals surface area contributed by atoms with Crippen molar-refractivity contribution in [2.75, 3.05) is 13.2 Å². The summed E-state index contributed by atoms with van der Waals surface area (Å²) in [5.41, 5.74) is 4.31. The van der Waals surface area contributed by atoms with E-state index in [4.69, 9.17) is 4.74 Å². The number of nitrogens with one attached hydrogen (secondary N) is 3. The summed E-state index contributed by atoms with van der Waals surface area (Å²) in [6, 6.07) is 7.99. The molecule has 43 heavy (non-hydrogen) atoms. The van der Waals surface area contributed by atoms with E-state index in [1.807, 2.05) is 25.8 Å². The quantitative estimate of drug-likeness (QED) is 0.279. The van der Waals surface area contributed by atoms with E-state index in [9.17, 15) is 5.11 Å². The summed E-state index contributed by atoms with van der Waals surface area (Å²) < 4.78 is 10.8. The average molecular weight is 613 g/mol. The van der Waals surface area contributed by atoms with E-state index in [-0.39, 0.29) is 24.0 Å². The molecule has 1 spiro atoms. The van der Waals surface area contributed by atoms with Crippen LogP contribution in [0, 0.1) is 36.5 Å². The van der Waals surface area contributed by atoms with Gasteiger partial charge in [0.15, 0.2) is 0 Å². The number of aryl methyl sites for hydroxylation is 2. The molecule has 6 nitrogen and oxygen atoms in total. The van der Waals surface area contributed by atoms with Gasteiger partial charge in [0.2, 0.25) is 0 Å². The molecule has 1 aromatic rings. The van der Waals surface area contributed by atoms with Crippen LogP contribution in [0.3, 0.4) is 0 Å². The molecule has 5 unspecified atom stereocenters. The molecular formula is C36H60N4O2S. The summed E-state index contributed by atoms with van der Waals surface area (Å²) in [5, 5.41) is 19.0. The van der Waals surface area contributed by atoms with E-state index in [2.05, 4.69) is 73.1 Å². The maximum atomic E-state index is 10.6. The van der Waals surface area contributed by atoms with Crippen molar-refractivity contribution in [3.05, 3.63) is 34.9 Å². The second-order valence-corrected chi connectivity index (χ2v) is 18.1. The van der Waals surface area contributed by atoms with Crippen molar-refractivity contribution in [1.29, 1.82) is 0 Å². The zero-order chi connectivity index (χ0) is 30.6. The minimum absolute atomic E-state index is 0.000267. The average Bonchev–Trinajstić information content (AvgIpc) is 2.86. The van der Waals surface area contributed by atoms with Gasteiger partial charge in [-0.1, -0.05) is 57.3 Å². The molecule has 4 N–H and O–H groups in total. The van der Waals surface area contributed by atoms with Gasteiger partial charge < -0.3 is 9.84 Å². The number of rotatable bonds is 4. The van der Waals surface area contributed by atoms with Gasteiger partial charge in [0.05, 0.1) is 12.2 Å². The molecule has 2 aliphatic heterocycles. The lowest BCUT2D eigenvalue weighted by Gasteiger charge is -2.63. The Balaban J connectivity index is 1.24. The Bertz CT molecular complexity index is 1080. The smallest absolute Gasteiger partial charge is 0.123 e. The maximum Gasteiger partial charge on any atom is 0.123 e. The largest absolute Gasteiger partial charge is 0.390 e. The molecule has 3 aliphatic carbocycles. The van der Waals surface area contributed by atoms with Gasteiger partial charge in [-0.15, -0.1) is 0 Å². The number of hydrogen-bond donors (Lipinski definition) is 4. The van der Waals surface area contributed by atoms with Gasteiger partial charge in [-0.25, -0.2) is 4.72 Å². The molecule has 0 amide bonds. The molecule has 6 rings (SSSR count). The SMILES string of the molecule is Cc1cccc(C)c1C1CC2NC(NSC3CCCC(C3)CN(C3CC4(C3)CC(C(C)(C)O)C4)[C@H](CC(C)(C)C)CO2)N1. The molecule has 0 aromatic heterocycles. The Kier molecular flexibility index (Phi) is 9.38. The van der Waals surface area contributed by atoms with E-state index < -0.39 is 5.60 Å². The van der Waals surface area contributed by atoms with Gasteiger partial charge in [-0.3, -0.25) is 15.5 Å². The molecule has 242 valence electrons. The Morgan fingerprint density at radius 2 is 1.72 bits per heavy atom. The summed E-state index contributed by atoms with van der Waals surface area (Å²) in [7, 11) is 0. The Morgan fingerprint density at radius 1 is 1.00 bits per heavy atom. The number of aliphatic hydroxyl groups is 1. The van der Waals surface area contributed by atoms with E-state index in [1.54, 1.807) is 0 Å².